The summed E-state index contributed by atoms with van der Waals surface area (Å²) < 4.78 is 12.0. The Kier molecular flexibility index (Phi) is 5.01. The molecule has 2 heterocycles. The van der Waals surface area contributed by atoms with Gasteiger partial charge in [0.1, 0.15) is 29.8 Å². The van der Waals surface area contributed by atoms with E-state index in [1.165, 1.54) is 4.68 Å². The van der Waals surface area contributed by atoms with Crippen LogP contribution >= 0.6 is 0 Å². The summed E-state index contributed by atoms with van der Waals surface area (Å²) in [6.45, 7) is 0.313. The summed E-state index contributed by atoms with van der Waals surface area (Å²) in [6, 6.07) is 16.4. The SMILES string of the molecule is O=C(Cn1cc(-c2ccc(Oc3ccccc3)cc2)nn1)N[C@H]1CCOC1=O. The zero-order valence-corrected chi connectivity index (χ0v) is 14.9. The second-order valence-electron chi connectivity index (χ2n) is 6.32. The average molecular weight is 378 g/mol. The molecule has 0 bridgehead atoms. The Morgan fingerprint density at radius 3 is 2.61 bits per heavy atom. The topological polar surface area (TPSA) is 95.3 Å². The van der Waals surface area contributed by atoms with Gasteiger partial charge in [-0.1, -0.05) is 23.4 Å². The van der Waals surface area contributed by atoms with Gasteiger partial charge in [0.25, 0.3) is 0 Å². The first-order valence-electron chi connectivity index (χ1n) is 8.87. The third kappa shape index (κ3) is 4.17. The molecule has 8 heteroatoms. The standard InChI is InChI=1S/C20H18N4O4/c25-19(21-17-10-11-27-20(17)26)13-24-12-18(22-23-24)14-6-8-16(9-7-14)28-15-4-2-1-3-5-15/h1-9,12,17H,10-11,13H2,(H,21,25)/t17-/m0/s1. The zero-order chi connectivity index (χ0) is 19.3. The van der Waals surface area contributed by atoms with Crippen molar-refractivity contribution in [3.8, 4) is 22.8 Å². The van der Waals surface area contributed by atoms with E-state index in [2.05, 4.69) is 15.6 Å². The smallest absolute Gasteiger partial charge is 0.328 e. The van der Waals surface area contributed by atoms with Gasteiger partial charge in [0.2, 0.25) is 5.91 Å². The van der Waals surface area contributed by atoms with Crippen molar-refractivity contribution in [2.24, 2.45) is 0 Å². The molecule has 0 aliphatic carbocycles. The number of para-hydroxylation sites is 1. The molecule has 4 rings (SSSR count). The normalized spacial score (nSPS) is 15.9. The lowest BCUT2D eigenvalue weighted by atomic mass is 10.1. The summed E-state index contributed by atoms with van der Waals surface area (Å²) in [5.74, 6) is 0.765. The van der Waals surface area contributed by atoms with E-state index in [-0.39, 0.29) is 12.5 Å². The summed E-state index contributed by atoms with van der Waals surface area (Å²) in [5, 5.41) is 10.7. The number of esters is 1. The predicted molar refractivity (Wildman–Crippen MR) is 99.5 cm³/mol. The van der Waals surface area contributed by atoms with Crippen molar-refractivity contribution in [2.45, 2.75) is 19.0 Å². The molecule has 0 radical (unpaired) electrons. The maximum atomic E-state index is 12.1. The highest BCUT2D eigenvalue weighted by Gasteiger charge is 2.27. The molecule has 28 heavy (non-hydrogen) atoms. The zero-order valence-electron chi connectivity index (χ0n) is 14.9. The minimum atomic E-state index is -0.576. The molecule has 0 spiro atoms. The maximum absolute atomic E-state index is 12.1. The van der Waals surface area contributed by atoms with E-state index in [1.54, 1.807) is 6.20 Å². The number of cyclic esters (lactones) is 1. The number of amides is 1. The number of hydrogen-bond donors (Lipinski definition) is 1. The van der Waals surface area contributed by atoms with Crippen molar-refractivity contribution in [2.75, 3.05) is 6.61 Å². The van der Waals surface area contributed by atoms with E-state index < -0.39 is 12.0 Å². The fourth-order valence-corrected chi connectivity index (χ4v) is 2.84. The number of aromatic nitrogens is 3. The summed E-state index contributed by atoms with van der Waals surface area (Å²) in [6.07, 6.45) is 2.17. The van der Waals surface area contributed by atoms with E-state index >= 15 is 0 Å². The Balaban J connectivity index is 1.37. The van der Waals surface area contributed by atoms with Gasteiger partial charge in [-0.25, -0.2) is 9.48 Å². The quantitative estimate of drug-likeness (QED) is 0.661. The highest BCUT2D eigenvalue weighted by atomic mass is 16.5. The molecule has 0 saturated carbocycles. The number of carbonyl (C=O) groups excluding carboxylic acids is 2. The molecule has 0 unspecified atom stereocenters. The highest BCUT2D eigenvalue weighted by molar-refractivity contribution is 5.85. The van der Waals surface area contributed by atoms with Crippen LogP contribution in [0.15, 0.2) is 60.8 Å². The molecule has 1 aliphatic heterocycles. The fraction of sp³-hybridized carbons (Fsp3) is 0.200. The van der Waals surface area contributed by atoms with Crippen molar-refractivity contribution in [1.29, 1.82) is 0 Å². The number of rotatable bonds is 6. The molecule has 8 nitrogen and oxygen atoms in total. The molecule has 1 N–H and O–H groups in total. The third-order valence-corrected chi connectivity index (χ3v) is 4.24. The molecule has 1 atom stereocenters. The Labute approximate surface area is 161 Å². The third-order valence-electron chi connectivity index (χ3n) is 4.24. The molecule has 1 aliphatic rings. The van der Waals surface area contributed by atoms with Crippen LogP contribution in [0.4, 0.5) is 0 Å². The Morgan fingerprint density at radius 1 is 1.14 bits per heavy atom. The maximum Gasteiger partial charge on any atom is 0.328 e. The van der Waals surface area contributed by atoms with Gasteiger partial charge in [0.05, 0.1) is 12.8 Å². The lowest BCUT2D eigenvalue weighted by molar-refractivity contribution is -0.141. The first kappa shape index (κ1) is 17.7. The van der Waals surface area contributed by atoms with Crippen molar-refractivity contribution in [3.63, 3.8) is 0 Å². The van der Waals surface area contributed by atoms with Crippen LogP contribution in [-0.2, 0) is 20.9 Å². The predicted octanol–water partition coefficient (Wildman–Crippen LogP) is 2.17. The first-order valence-corrected chi connectivity index (χ1v) is 8.87. The van der Waals surface area contributed by atoms with Gasteiger partial charge in [-0.05, 0) is 36.4 Å². The van der Waals surface area contributed by atoms with Gasteiger partial charge in [-0.2, -0.15) is 0 Å². The monoisotopic (exact) mass is 378 g/mol. The van der Waals surface area contributed by atoms with Gasteiger partial charge in [0.15, 0.2) is 0 Å². The lowest BCUT2D eigenvalue weighted by Gasteiger charge is -2.08. The number of carbonyl (C=O) groups is 2. The largest absolute Gasteiger partial charge is 0.464 e. The molecule has 3 aromatic rings. The summed E-state index contributed by atoms with van der Waals surface area (Å²) >= 11 is 0. The average Bonchev–Trinajstić information content (AvgIpc) is 3.33. The van der Waals surface area contributed by atoms with E-state index in [0.29, 0.717) is 24.5 Å². The molecule has 1 fully saturated rings. The Hall–Kier alpha value is -3.68. The van der Waals surface area contributed by atoms with Gasteiger partial charge in [-0.15, -0.1) is 5.10 Å². The highest BCUT2D eigenvalue weighted by Crippen LogP contribution is 2.24. The van der Waals surface area contributed by atoms with Crippen LogP contribution in [0.1, 0.15) is 6.42 Å². The minimum absolute atomic E-state index is 0.0218. The first-order chi connectivity index (χ1) is 13.7. The molecule has 1 aromatic heterocycles. The molecule has 1 saturated heterocycles. The minimum Gasteiger partial charge on any atom is -0.464 e. The van der Waals surface area contributed by atoms with Crippen molar-refractivity contribution >= 4 is 11.9 Å². The second-order valence-corrected chi connectivity index (χ2v) is 6.32. The van der Waals surface area contributed by atoms with Gasteiger partial charge in [0, 0.05) is 12.0 Å². The Bertz CT molecular complexity index is 969. The summed E-state index contributed by atoms with van der Waals surface area (Å²) in [5.41, 5.74) is 1.49. The van der Waals surface area contributed by atoms with E-state index in [9.17, 15) is 9.59 Å². The van der Waals surface area contributed by atoms with E-state index in [0.717, 1.165) is 11.3 Å². The number of nitrogens with one attached hydrogen (secondary N) is 1. The number of nitrogens with zero attached hydrogens (tertiary/aromatic N) is 3. The summed E-state index contributed by atoms with van der Waals surface area (Å²) in [4.78, 5) is 23.5. The number of ether oxygens (including phenoxy) is 2. The van der Waals surface area contributed by atoms with Crippen LogP contribution in [-0.4, -0.2) is 39.5 Å². The van der Waals surface area contributed by atoms with Gasteiger partial charge >= 0.3 is 5.97 Å². The number of benzene rings is 2. The van der Waals surface area contributed by atoms with Crippen molar-refractivity contribution in [3.05, 3.63) is 60.8 Å². The number of hydrogen-bond acceptors (Lipinski definition) is 6. The molecular weight excluding hydrogens is 360 g/mol. The van der Waals surface area contributed by atoms with Crippen LogP contribution in [0.5, 0.6) is 11.5 Å². The van der Waals surface area contributed by atoms with E-state index in [4.69, 9.17) is 9.47 Å². The van der Waals surface area contributed by atoms with Crippen molar-refractivity contribution in [1.82, 2.24) is 20.3 Å². The molecule has 1 amide bonds. The Morgan fingerprint density at radius 2 is 1.89 bits per heavy atom. The van der Waals surface area contributed by atoms with Crippen LogP contribution < -0.4 is 10.1 Å². The molecule has 142 valence electrons. The second kappa shape index (κ2) is 7.91. The van der Waals surface area contributed by atoms with Gasteiger partial charge in [-0.3, -0.25) is 4.79 Å². The van der Waals surface area contributed by atoms with Crippen LogP contribution in [0.3, 0.4) is 0 Å². The van der Waals surface area contributed by atoms with E-state index in [1.807, 2.05) is 54.6 Å². The lowest BCUT2D eigenvalue weighted by Crippen LogP contribution is -2.39. The van der Waals surface area contributed by atoms with Crippen LogP contribution in [0, 0.1) is 0 Å². The van der Waals surface area contributed by atoms with Crippen molar-refractivity contribution < 1.29 is 19.1 Å². The van der Waals surface area contributed by atoms with Crippen LogP contribution in [0.2, 0.25) is 0 Å². The van der Waals surface area contributed by atoms with Crippen LogP contribution in [0.25, 0.3) is 11.3 Å². The van der Waals surface area contributed by atoms with Gasteiger partial charge < -0.3 is 14.8 Å². The molecule has 2 aromatic carbocycles. The summed E-state index contributed by atoms with van der Waals surface area (Å²) in [7, 11) is 0. The molecular formula is C20H18N4O4. The fourth-order valence-electron chi connectivity index (χ4n) is 2.84.